The minimum absolute atomic E-state index is 0.0757. The third kappa shape index (κ3) is 4.50. The molecule has 1 heterocycles. The van der Waals surface area contributed by atoms with Crippen LogP contribution in [0.15, 0.2) is 0 Å². The lowest BCUT2D eigenvalue weighted by atomic mass is 9.72. The molecule has 1 amide bonds. The van der Waals surface area contributed by atoms with Crippen molar-refractivity contribution < 1.29 is 19.1 Å². The number of nitrogens with zero attached hydrogens (tertiary/aromatic N) is 1. The van der Waals surface area contributed by atoms with E-state index in [2.05, 4.69) is 0 Å². The lowest BCUT2D eigenvalue weighted by Crippen LogP contribution is -2.49. The number of ether oxygens (including phenoxy) is 2. The highest BCUT2D eigenvalue weighted by Gasteiger charge is 2.40. The molecular weight excluding hydrogens is 294 g/mol. The molecule has 1 aliphatic carbocycles. The van der Waals surface area contributed by atoms with Gasteiger partial charge < -0.3 is 14.4 Å². The number of carbonyl (C=O) groups excluding carboxylic acids is 2. The summed E-state index contributed by atoms with van der Waals surface area (Å²) in [5.41, 5.74) is -0.476. The van der Waals surface area contributed by atoms with Crippen LogP contribution in [0.2, 0.25) is 0 Å². The number of likely N-dealkylation sites (tertiary alicyclic amines) is 1. The van der Waals surface area contributed by atoms with Crippen LogP contribution in [0.1, 0.15) is 40.0 Å². The zero-order valence-electron chi connectivity index (χ0n) is 12.9. The molecule has 2 aliphatic rings. The van der Waals surface area contributed by atoms with Crippen molar-refractivity contribution in [2.75, 3.05) is 19.2 Å². The van der Waals surface area contributed by atoms with Gasteiger partial charge in [0.25, 0.3) is 0 Å². The fourth-order valence-corrected chi connectivity index (χ4v) is 3.51. The summed E-state index contributed by atoms with van der Waals surface area (Å²) >= 11 is 5.45. The maximum absolute atomic E-state index is 12.2. The number of hydrogen-bond acceptors (Lipinski definition) is 4. The molecule has 0 aromatic rings. The zero-order chi connectivity index (χ0) is 15.6. The molecule has 0 aromatic carbocycles. The Hall–Kier alpha value is -0.970. The summed E-state index contributed by atoms with van der Waals surface area (Å²) < 4.78 is 10.3. The molecule has 21 heavy (non-hydrogen) atoms. The molecule has 0 spiro atoms. The lowest BCUT2D eigenvalue weighted by molar-refractivity contribution is -0.149. The van der Waals surface area contributed by atoms with Crippen LogP contribution in [-0.2, 0) is 14.3 Å². The van der Waals surface area contributed by atoms with E-state index in [-0.39, 0.29) is 24.0 Å². The SMILES string of the molecule is CC(C)(C)OC(=O)N1CC2CC(CC(C(=O)OCCl)C2)C1. The van der Waals surface area contributed by atoms with Crippen molar-refractivity contribution in [1.29, 1.82) is 0 Å². The van der Waals surface area contributed by atoms with E-state index < -0.39 is 5.60 Å². The van der Waals surface area contributed by atoms with Crippen molar-refractivity contribution in [2.45, 2.75) is 45.6 Å². The van der Waals surface area contributed by atoms with E-state index in [4.69, 9.17) is 21.1 Å². The number of carbonyl (C=O) groups is 2. The van der Waals surface area contributed by atoms with Crippen LogP contribution < -0.4 is 0 Å². The van der Waals surface area contributed by atoms with Gasteiger partial charge in [-0.25, -0.2) is 4.79 Å². The molecule has 1 saturated heterocycles. The molecule has 2 rings (SSSR count). The average Bonchev–Trinajstić information content (AvgIpc) is 2.35. The number of amides is 1. The summed E-state index contributed by atoms with van der Waals surface area (Å²) in [6, 6.07) is -0.0886. The Balaban J connectivity index is 1.92. The second-order valence-electron chi connectivity index (χ2n) is 7.09. The third-order valence-electron chi connectivity index (χ3n) is 4.04. The second-order valence-corrected chi connectivity index (χ2v) is 7.31. The molecule has 2 atom stereocenters. The minimum Gasteiger partial charge on any atom is -0.449 e. The number of halogens is 1. The fourth-order valence-electron chi connectivity index (χ4n) is 3.40. The molecule has 6 heteroatoms. The van der Waals surface area contributed by atoms with E-state index in [0.717, 1.165) is 19.3 Å². The predicted octanol–water partition coefficient (Wildman–Crippen LogP) is 3.01. The molecule has 2 fully saturated rings. The largest absolute Gasteiger partial charge is 0.449 e. The van der Waals surface area contributed by atoms with Crippen molar-refractivity contribution in [1.82, 2.24) is 4.90 Å². The van der Waals surface area contributed by atoms with Crippen LogP contribution in [0.25, 0.3) is 0 Å². The number of esters is 1. The number of piperidine rings is 1. The number of hydrogen-bond donors (Lipinski definition) is 0. The quantitative estimate of drug-likeness (QED) is 0.580. The molecular formula is C15H24ClNO4. The van der Waals surface area contributed by atoms with Crippen LogP contribution in [0.5, 0.6) is 0 Å². The summed E-state index contributed by atoms with van der Waals surface area (Å²) in [7, 11) is 0. The topological polar surface area (TPSA) is 55.8 Å². The first-order valence-electron chi connectivity index (χ1n) is 7.49. The Kier molecular flexibility index (Phi) is 5.02. The van der Waals surface area contributed by atoms with E-state index in [1.165, 1.54) is 0 Å². The van der Waals surface area contributed by atoms with Gasteiger partial charge in [-0.2, -0.15) is 0 Å². The molecule has 0 N–H and O–H groups in total. The third-order valence-corrected chi connectivity index (χ3v) is 4.15. The van der Waals surface area contributed by atoms with E-state index in [1.54, 1.807) is 4.90 Å². The van der Waals surface area contributed by atoms with E-state index in [9.17, 15) is 9.59 Å². The number of alkyl halides is 1. The van der Waals surface area contributed by atoms with Gasteiger partial charge in [0, 0.05) is 13.1 Å². The highest BCUT2D eigenvalue weighted by molar-refractivity contribution is 6.17. The van der Waals surface area contributed by atoms with Crippen molar-refractivity contribution in [3.8, 4) is 0 Å². The van der Waals surface area contributed by atoms with Crippen LogP contribution in [0.3, 0.4) is 0 Å². The van der Waals surface area contributed by atoms with Crippen molar-refractivity contribution >= 4 is 23.7 Å². The Bertz CT molecular complexity index is 393. The molecule has 0 aromatic heterocycles. The lowest BCUT2D eigenvalue weighted by Gasteiger charge is -2.43. The second kappa shape index (κ2) is 6.42. The van der Waals surface area contributed by atoms with Gasteiger partial charge in [0.15, 0.2) is 6.07 Å². The van der Waals surface area contributed by atoms with Crippen LogP contribution in [0, 0.1) is 17.8 Å². The molecule has 2 bridgehead atoms. The average molecular weight is 318 g/mol. The Morgan fingerprint density at radius 2 is 1.71 bits per heavy atom. The normalized spacial score (nSPS) is 29.0. The smallest absolute Gasteiger partial charge is 0.410 e. The standard InChI is InChI=1S/C15H24ClNO4/c1-15(2,3)21-14(19)17-7-10-4-11(8-17)6-12(5-10)13(18)20-9-16/h10-12H,4-9H2,1-3H3. The zero-order valence-corrected chi connectivity index (χ0v) is 13.7. The van der Waals surface area contributed by atoms with Gasteiger partial charge in [-0.15, -0.1) is 0 Å². The van der Waals surface area contributed by atoms with Crippen molar-refractivity contribution in [3.05, 3.63) is 0 Å². The predicted molar refractivity (Wildman–Crippen MR) is 78.9 cm³/mol. The molecule has 120 valence electrons. The van der Waals surface area contributed by atoms with Gasteiger partial charge >= 0.3 is 12.1 Å². The fraction of sp³-hybridized carbons (Fsp3) is 0.867. The molecule has 5 nitrogen and oxygen atoms in total. The molecule has 1 aliphatic heterocycles. The van der Waals surface area contributed by atoms with E-state index >= 15 is 0 Å². The maximum atomic E-state index is 12.2. The number of rotatable bonds is 2. The van der Waals surface area contributed by atoms with Crippen LogP contribution in [0.4, 0.5) is 4.79 Å². The molecule has 2 unspecified atom stereocenters. The summed E-state index contributed by atoms with van der Waals surface area (Å²) in [5, 5.41) is 0. The number of fused-ring (bicyclic) bond motifs is 2. The van der Waals surface area contributed by atoms with Gasteiger partial charge in [-0.3, -0.25) is 4.79 Å². The summed E-state index contributed by atoms with van der Waals surface area (Å²) in [5.74, 6) is 0.412. The Labute approximate surface area is 130 Å². The minimum atomic E-state index is -0.476. The summed E-state index contributed by atoms with van der Waals surface area (Å²) in [6.07, 6.45) is 2.36. The highest BCUT2D eigenvalue weighted by Crippen LogP contribution is 2.38. The van der Waals surface area contributed by atoms with Gasteiger partial charge in [-0.05, 0) is 51.9 Å². The summed E-state index contributed by atoms with van der Waals surface area (Å²) in [4.78, 5) is 25.8. The van der Waals surface area contributed by atoms with Gasteiger partial charge in [0.1, 0.15) is 5.60 Å². The van der Waals surface area contributed by atoms with Crippen LogP contribution in [-0.4, -0.2) is 41.7 Å². The van der Waals surface area contributed by atoms with Gasteiger partial charge in [-0.1, -0.05) is 11.6 Å². The highest BCUT2D eigenvalue weighted by atomic mass is 35.5. The molecule has 1 saturated carbocycles. The van der Waals surface area contributed by atoms with Gasteiger partial charge in [0.2, 0.25) is 0 Å². The first-order valence-corrected chi connectivity index (χ1v) is 8.02. The first kappa shape index (κ1) is 16.4. The first-order chi connectivity index (χ1) is 9.78. The van der Waals surface area contributed by atoms with Crippen molar-refractivity contribution in [2.24, 2.45) is 17.8 Å². The maximum Gasteiger partial charge on any atom is 0.410 e. The van der Waals surface area contributed by atoms with Gasteiger partial charge in [0.05, 0.1) is 5.92 Å². The van der Waals surface area contributed by atoms with Crippen LogP contribution >= 0.6 is 11.6 Å². The summed E-state index contributed by atoms with van der Waals surface area (Å²) in [6.45, 7) is 6.93. The Morgan fingerprint density at radius 1 is 1.14 bits per heavy atom. The Morgan fingerprint density at radius 3 is 2.19 bits per heavy atom. The van der Waals surface area contributed by atoms with E-state index in [1.807, 2.05) is 20.8 Å². The van der Waals surface area contributed by atoms with E-state index in [0.29, 0.717) is 24.9 Å². The molecule has 0 radical (unpaired) electrons. The monoisotopic (exact) mass is 317 g/mol. The van der Waals surface area contributed by atoms with Crippen molar-refractivity contribution in [3.63, 3.8) is 0 Å².